The van der Waals surface area contributed by atoms with Crippen LogP contribution >= 0.6 is 15.9 Å². The highest BCUT2D eigenvalue weighted by atomic mass is 79.9. The molecule has 1 rings (SSSR count). The van der Waals surface area contributed by atoms with Gasteiger partial charge in [-0.3, -0.25) is 4.18 Å². The third-order valence-electron chi connectivity index (χ3n) is 1.68. The largest absolute Gasteiger partial charge is 0.362 e. The third kappa shape index (κ3) is 4.61. The lowest BCUT2D eigenvalue weighted by molar-refractivity contribution is 0.360. The van der Waals surface area contributed by atoms with Crippen LogP contribution in [-0.4, -0.2) is 15.1 Å². The second kappa shape index (κ2) is 6.06. The van der Waals surface area contributed by atoms with Gasteiger partial charge in [0.15, 0.2) is 0 Å². The Kier molecular flexibility index (Phi) is 5.03. The van der Waals surface area contributed by atoms with E-state index in [0.717, 1.165) is 11.3 Å². The van der Waals surface area contributed by atoms with Gasteiger partial charge in [-0.1, -0.05) is 28.1 Å². The van der Waals surface area contributed by atoms with Crippen LogP contribution in [0.25, 0.3) is 0 Å². The molecule has 0 saturated heterocycles. The molecule has 5 nitrogen and oxygen atoms in total. The highest BCUT2D eigenvalue weighted by Gasteiger charge is 1.99. The molecule has 84 valence electrons. The van der Waals surface area contributed by atoms with Crippen LogP contribution in [0.2, 0.25) is 0 Å². The first-order valence-electron chi connectivity index (χ1n) is 4.10. The van der Waals surface area contributed by atoms with Gasteiger partial charge in [0.1, 0.15) is 6.73 Å². The SMILES string of the molecule is NC(Br)c1ccc(NCO[SH](=O)=O)cc1. The molecule has 0 bridgehead atoms. The van der Waals surface area contributed by atoms with E-state index in [1.165, 1.54) is 0 Å². The number of rotatable bonds is 5. The summed E-state index contributed by atoms with van der Waals surface area (Å²) < 4.78 is 24.5. The molecule has 0 aliphatic heterocycles. The second-order valence-corrected chi connectivity index (χ2v) is 4.39. The van der Waals surface area contributed by atoms with Gasteiger partial charge in [-0.2, -0.15) is 0 Å². The Morgan fingerprint density at radius 2 is 2.00 bits per heavy atom. The van der Waals surface area contributed by atoms with Crippen LogP contribution in [0.5, 0.6) is 0 Å². The topological polar surface area (TPSA) is 81.4 Å². The number of alkyl halides is 1. The van der Waals surface area contributed by atoms with Crippen molar-refractivity contribution in [3.05, 3.63) is 29.8 Å². The summed E-state index contributed by atoms with van der Waals surface area (Å²) in [7, 11) is -2.80. The van der Waals surface area contributed by atoms with Gasteiger partial charge < -0.3 is 11.1 Å². The summed E-state index contributed by atoms with van der Waals surface area (Å²) in [6, 6.07) is 7.24. The number of benzene rings is 1. The van der Waals surface area contributed by atoms with Crippen molar-refractivity contribution in [3.63, 3.8) is 0 Å². The van der Waals surface area contributed by atoms with E-state index in [0.29, 0.717) is 0 Å². The number of anilines is 1. The van der Waals surface area contributed by atoms with Gasteiger partial charge in [0.2, 0.25) is 0 Å². The minimum Gasteiger partial charge on any atom is -0.362 e. The molecule has 3 N–H and O–H groups in total. The van der Waals surface area contributed by atoms with Gasteiger partial charge in [0.25, 0.3) is 11.0 Å². The third-order valence-corrected chi connectivity index (χ3v) is 2.54. The number of thiol groups is 1. The molecule has 0 aromatic heterocycles. The molecule has 0 radical (unpaired) electrons. The van der Waals surface area contributed by atoms with Crippen molar-refractivity contribution in [2.75, 3.05) is 12.0 Å². The highest BCUT2D eigenvalue weighted by molar-refractivity contribution is 9.09. The molecule has 0 amide bonds. The van der Waals surface area contributed by atoms with Crippen LogP contribution in [-0.2, 0) is 15.2 Å². The molecular weight excluding hydrogens is 284 g/mol. The predicted octanol–water partition coefficient (Wildman–Crippen LogP) is 0.951. The van der Waals surface area contributed by atoms with E-state index < -0.39 is 11.0 Å². The molecule has 0 spiro atoms. The van der Waals surface area contributed by atoms with Crippen LogP contribution in [0.3, 0.4) is 0 Å². The van der Waals surface area contributed by atoms with Crippen molar-refractivity contribution >= 4 is 32.6 Å². The Balaban J connectivity index is 2.49. The Morgan fingerprint density at radius 3 is 2.47 bits per heavy atom. The summed E-state index contributed by atoms with van der Waals surface area (Å²) >= 11 is 3.23. The Bertz CT molecular complexity index is 370. The fourth-order valence-corrected chi connectivity index (χ4v) is 1.43. The van der Waals surface area contributed by atoms with Crippen molar-refractivity contribution in [3.8, 4) is 0 Å². The molecule has 1 aromatic carbocycles. The van der Waals surface area contributed by atoms with E-state index in [2.05, 4.69) is 25.4 Å². The Morgan fingerprint density at radius 1 is 1.40 bits per heavy atom. The maximum Gasteiger partial charge on any atom is 0.258 e. The zero-order valence-corrected chi connectivity index (χ0v) is 10.2. The molecule has 0 aliphatic carbocycles. The predicted molar refractivity (Wildman–Crippen MR) is 62.2 cm³/mol. The first kappa shape index (κ1) is 12.4. The number of halogens is 1. The Labute approximate surface area is 97.9 Å². The van der Waals surface area contributed by atoms with Crippen LogP contribution in [0.15, 0.2) is 24.3 Å². The molecule has 0 fully saturated rings. The zero-order valence-electron chi connectivity index (χ0n) is 7.72. The van der Waals surface area contributed by atoms with Crippen molar-refractivity contribution in [2.45, 2.75) is 4.95 Å². The molecule has 1 atom stereocenters. The van der Waals surface area contributed by atoms with Crippen molar-refractivity contribution in [2.24, 2.45) is 5.73 Å². The molecule has 7 heteroatoms. The van der Waals surface area contributed by atoms with E-state index in [1.54, 1.807) is 12.1 Å². The molecule has 1 aromatic rings. The summed E-state index contributed by atoms with van der Waals surface area (Å²) in [4.78, 5) is -0.195. The Hall–Kier alpha value is -0.630. The lowest BCUT2D eigenvalue weighted by Gasteiger charge is -2.07. The summed E-state index contributed by atoms with van der Waals surface area (Å²) in [6.45, 7) is -0.0710. The van der Waals surface area contributed by atoms with E-state index in [9.17, 15) is 8.42 Å². The maximum absolute atomic E-state index is 10.1. The fourth-order valence-electron chi connectivity index (χ4n) is 0.953. The maximum atomic E-state index is 10.1. The summed E-state index contributed by atoms with van der Waals surface area (Å²) in [6.07, 6.45) is 0. The minimum absolute atomic E-state index is 0.0710. The summed E-state index contributed by atoms with van der Waals surface area (Å²) in [5.74, 6) is 0. The number of nitrogens with one attached hydrogen (secondary N) is 1. The van der Waals surface area contributed by atoms with E-state index in [-0.39, 0.29) is 11.7 Å². The number of hydrogen-bond acceptors (Lipinski definition) is 5. The van der Waals surface area contributed by atoms with Gasteiger partial charge in [0.05, 0.1) is 4.95 Å². The quantitative estimate of drug-likeness (QED) is 0.326. The van der Waals surface area contributed by atoms with Crippen LogP contribution < -0.4 is 11.1 Å². The van der Waals surface area contributed by atoms with E-state index >= 15 is 0 Å². The average Bonchev–Trinajstić information content (AvgIpc) is 2.18. The molecule has 0 aliphatic rings. The van der Waals surface area contributed by atoms with Gasteiger partial charge in [-0.25, -0.2) is 8.42 Å². The number of nitrogens with two attached hydrogens (primary N) is 1. The lowest BCUT2D eigenvalue weighted by Crippen LogP contribution is -2.05. The van der Waals surface area contributed by atoms with E-state index in [1.807, 2.05) is 12.1 Å². The second-order valence-electron chi connectivity index (χ2n) is 2.70. The average molecular weight is 295 g/mol. The van der Waals surface area contributed by atoms with Gasteiger partial charge >= 0.3 is 0 Å². The fraction of sp³-hybridized carbons (Fsp3) is 0.250. The first-order valence-corrected chi connectivity index (χ1v) is 6.11. The molecule has 1 unspecified atom stereocenters. The van der Waals surface area contributed by atoms with E-state index in [4.69, 9.17) is 5.73 Å². The summed E-state index contributed by atoms with van der Waals surface area (Å²) in [5, 5.41) is 2.78. The summed E-state index contributed by atoms with van der Waals surface area (Å²) in [5.41, 5.74) is 7.30. The van der Waals surface area contributed by atoms with Gasteiger partial charge in [-0.05, 0) is 17.7 Å². The normalized spacial score (nSPS) is 12.7. The van der Waals surface area contributed by atoms with Crippen molar-refractivity contribution in [1.29, 1.82) is 0 Å². The monoisotopic (exact) mass is 294 g/mol. The number of hydrogen-bond donors (Lipinski definition) is 3. The van der Waals surface area contributed by atoms with Crippen LogP contribution in [0.4, 0.5) is 5.69 Å². The van der Waals surface area contributed by atoms with Crippen LogP contribution in [0.1, 0.15) is 10.5 Å². The van der Waals surface area contributed by atoms with Crippen molar-refractivity contribution < 1.29 is 12.6 Å². The standard InChI is InChI=1S/C8H11BrN2O3S/c9-8(10)6-1-3-7(4-2-6)11-5-14-15(12)13/h1-4,8,11,15H,5,10H2. The minimum atomic E-state index is -2.80. The van der Waals surface area contributed by atoms with Gasteiger partial charge in [-0.15, -0.1) is 0 Å². The van der Waals surface area contributed by atoms with Crippen LogP contribution in [0, 0.1) is 0 Å². The smallest absolute Gasteiger partial charge is 0.258 e. The molecule has 0 heterocycles. The molecule has 0 saturated carbocycles. The van der Waals surface area contributed by atoms with Gasteiger partial charge in [0, 0.05) is 5.69 Å². The lowest BCUT2D eigenvalue weighted by atomic mass is 10.2. The zero-order chi connectivity index (χ0) is 11.3. The molecular formula is C8H11BrN2O3S. The molecule has 15 heavy (non-hydrogen) atoms. The highest BCUT2D eigenvalue weighted by Crippen LogP contribution is 2.18. The van der Waals surface area contributed by atoms with Crippen molar-refractivity contribution in [1.82, 2.24) is 0 Å². The first-order chi connectivity index (χ1) is 7.09.